The molecule has 0 spiro atoms. The van der Waals surface area contributed by atoms with Crippen molar-refractivity contribution in [3.63, 3.8) is 0 Å². The fourth-order valence-electron chi connectivity index (χ4n) is 2.09. The van der Waals surface area contributed by atoms with Crippen LogP contribution in [0.5, 0.6) is 0 Å². The van der Waals surface area contributed by atoms with Gasteiger partial charge in [0.2, 0.25) is 0 Å². The van der Waals surface area contributed by atoms with E-state index < -0.39 is 30.2 Å². The smallest absolute Gasteiger partial charge is 0.184 e. The summed E-state index contributed by atoms with van der Waals surface area (Å²) >= 11 is 0. The molecule has 2 rings (SSSR count). The second-order valence-corrected chi connectivity index (χ2v) is 4.77. The monoisotopic (exact) mass is 286 g/mol. The molecule has 1 heterocycles. The van der Waals surface area contributed by atoms with Gasteiger partial charge in [-0.1, -0.05) is 12.2 Å². The molecule has 0 aliphatic carbocycles. The lowest BCUT2D eigenvalue weighted by molar-refractivity contribution is -0.204. The van der Waals surface area contributed by atoms with Gasteiger partial charge >= 0.3 is 0 Å². The largest absolute Gasteiger partial charge is 0.348 e. The number of rotatable bonds is 4. The Balaban J connectivity index is 2.04. The molecule has 1 aliphatic heterocycles. The van der Waals surface area contributed by atoms with Gasteiger partial charge in [-0.2, -0.15) is 0 Å². The van der Waals surface area contributed by atoms with E-state index in [9.17, 15) is 13.2 Å². The average Bonchev–Trinajstić information content (AvgIpc) is 2.45. The van der Waals surface area contributed by atoms with Crippen LogP contribution in [0.4, 0.5) is 13.2 Å². The van der Waals surface area contributed by atoms with Crippen LogP contribution < -0.4 is 0 Å². The van der Waals surface area contributed by atoms with Gasteiger partial charge in [0.25, 0.3) is 0 Å². The maximum Gasteiger partial charge on any atom is 0.184 e. The maximum atomic E-state index is 13.5. The molecule has 0 radical (unpaired) electrons. The van der Waals surface area contributed by atoms with Crippen LogP contribution in [0.2, 0.25) is 0 Å². The molecule has 1 aromatic carbocycles. The lowest BCUT2D eigenvalue weighted by atomic mass is 10.1. The van der Waals surface area contributed by atoms with Crippen molar-refractivity contribution >= 4 is 0 Å². The van der Waals surface area contributed by atoms with Crippen molar-refractivity contribution in [1.29, 1.82) is 0 Å². The number of hydrogen-bond donors (Lipinski definition) is 0. The average molecular weight is 286 g/mol. The Bertz CT molecular complexity index is 457. The Morgan fingerprint density at radius 3 is 2.30 bits per heavy atom. The first-order valence-corrected chi connectivity index (χ1v) is 6.53. The zero-order valence-electron chi connectivity index (χ0n) is 11.2. The molecule has 1 aliphatic rings. The first kappa shape index (κ1) is 15.1. The van der Waals surface area contributed by atoms with Crippen LogP contribution in [0, 0.1) is 17.6 Å². The standard InChI is InChI=1S/C15H17F3O2/c1-2-3-4-10-8-19-15(20-9-10)11-5-13(17)12(7-16)14(18)6-11/h2-3,5-6,10,15H,4,7-9H2,1H3/b3-2-. The van der Waals surface area contributed by atoms with Gasteiger partial charge in [0.05, 0.1) is 18.8 Å². The van der Waals surface area contributed by atoms with Crippen LogP contribution in [0.25, 0.3) is 0 Å². The van der Waals surface area contributed by atoms with Gasteiger partial charge in [-0.25, -0.2) is 13.2 Å². The minimum atomic E-state index is -1.17. The quantitative estimate of drug-likeness (QED) is 0.777. The van der Waals surface area contributed by atoms with Crippen molar-refractivity contribution in [2.45, 2.75) is 26.3 Å². The number of hydrogen-bond acceptors (Lipinski definition) is 2. The number of alkyl halides is 1. The van der Waals surface area contributed by atoms with Gasteiger partial charge < -0.3 is 9.47 Å². The molecule has 20 heavy (non-hydrogen) atoms. The van der Waals surface area contributed by atoms with E-state index in [0.29, 0.717) is 13.2 Å². The third kappa shape index (κ3) is 3.41. The first-order valence-electron chi connectivity index (χ1n) is 6.53. The number of ether oxygens (including phenoxy) is 2. The molecule has 2 nitrogen and oxygen atoms in total. The summed E-state index contributed by atoms with van der Waals surface area (Å²) in [5, 5.41) is 0. The molecule has 0 bridgehead atoms. The maximum absolute atomic E-state index is 13.5. The summed E-state index contributed by atoms with van der Waals surface area (Å²) in [4.78, 5) is 0. The minimum Gasteiger partial charge on any atom is -0.348 e. The van der Waals surface area contributed by atoms with Crippen LogP contribution in [-0.2, 0) is 16.1 Å². The zero-order valence-corrected chi connectivity index (χ0v) is 11.2. The van der Waals surface area contributed by atoms with Gasteiger partial charge in [0.1, 0.15) is 18.3 Å². The molecular weight excluding hydrogens is 269 g/mol. The van der Waals surface area contributed by atoms with Crippen molar-refractivity contribution in [2.24, 2.45) is 5.92 Å². The van der Waals surface area contributed by atoms with Gasteiger partial charge in [-0.15, -0.1) is 0 Å². The van der Waals surface area contributed by atoms with Crippen molar-refractivity contribution in [2.75, 3.05) is 13.2 Å². The third-order valence-electron chi connectivity index (χ3n) is 3.24. The molecule has 1 saturated heterocycles. The molecule has 110 valence electrons. The molecule has 1 aromatic rings. The zero-order chi connectivity index (χ0) is 14.5. The van der Waals surface area contributed by atoms with Crippen LogP contribution in [0.3, 0.4) is 0 Å². The molecule has 0 saturated carbocycles. The van der Waals surface area contributed by atoms with Crippen LogP contribution in [0.1, 0.15) is 30.8 Å². The van der Waals surface area contributed by atoms with Crippen molar-refractivity contribution in [3.8, 4) is 0 Å². The Morgan fingerprint density at radius 2 is 1.80 bits per heavy atom. The Labute approximate surface area is 116 Å². The van der Waals surface area contributed by atoms with Gasteiger partial charge in [0.15, 0.2) is 6.29 Å². The second-order valence-electron chi connectivity index (χ2n) is 4.77. The Hall–Kier alpha value is -1.33. The first-order chi connectivity index (χ1) is 9.65. The van der Waals surface area contributed by atoms with E-state index in [0.717, 1.165) is 18.6 Å². The summed E-state index contributed by atoms with van der Waals surface area (Å²) in [5.41, 5.74) is -0.322. The van der Waals surface area contributed by atoms with E-state index in [-0.39, 0.29) is 11.5 Å². The van der Waals surface area contributed by atoms with Crippen LogP contribution in [0.15, 0.2) is 24.3 Å². The summed E-state index contributed by atoms with van der Waals surface area (Å²) in [6, 6.07) is 2.13. The fourth-order valence-corrected chi connectivity index (χ4v) is 2.09. The fraction of sp³-hybridized carbons (Fsp3) is 0.467. The van der Waals surface area contributed by atoms with E-state index in [1.54, 1.807) is 0 Å². The summed E-state index contributed by atoms with van der Waals surface area (Å²) < 4.78 is 50.4. The number of allylic oxidation sites excluding steroid dienone is 2. The molecule has 5 heteroatoms. The van der Waals surface area contributed by atoms with E-state index in [1.807, 2.05) is 19.1 Å². The van der Waals surface area contributed by atoms with E-state index in [4.69, 9.17) is 9.47 Å². The molecule has 0 atom stereocenters. The Morgan fingerprint density at radius 1 is 1.20 bits per heavy atom. The summed E-state index contributed by atoms with van der Waals surface area (Å²) in [6.07, 6.45) is 4.02. The van der Waals surface area contributed by atoms with Crippen LogP contribution >= 0.6 is 0 Å². The van der Waals surface area contributed by atoms with Crippen molar-refractivity contribution in [1.82, 2.24) is 0 Å². The van der Waals surface area contributed by atoms with Crippen molar-refractivity contribution in [3.05, 3.63) is 47.0 Å². The lowest BCUT2D eigenvalue weighted by Crippen LogP contribution is -2.27. The normalized spacial score (nSPS) is 23.4. The highest BCUT2D eigenvalue weighted by atomic mass is 19.1. The predicted octanol–water partition coefficient (Wildman–Crippen LogP) is 4.06. The Kier molecular flexibility index (Phi) is 5.20. The van der Waals surface area contributed by atoms with Crippen LogP contribution in [-0.4, -0.2) is 13.2 Å². The minimum absolute atomic E-state index is 0.238. The molecule has 0 amide bonds. The summed E-state index contributed by atoms with van der Waals surface area (Å²) in [5.74, 6) is -1.58. The van der Waals surface area contributed by atoms with E-state index >= 15 is 0 Å². The van der Waals surface area contributed by atoms with Gasteiger partial charge in [-0.3, -0.25) is 0 Å². The number of halogens is 3. The molecule has 0 unspecified atom stereocenters. The molecule has 1 fully saturated rings. The summed E-state index contributed by atoms with van der Waals surface area (Å²) in [6.45, 7) is 1.69. The molecule has 0 N–H and O–H groups in total. The van der Waals surface area contributed by atoms with Crippen molar-refractivity contribution < 1.29 is 22.6 Å². The van der Waals surface area contributed by atoms with E-state index in [2.05, 4.69) is 0 Å². The lowest BCUT2D eigenvalue weighted by Gasteiger charge is -2.29. The highest BCUT2D eigenvalue weighted by Gasteiger charge is 2.24. The van der Waals surface area contributed by atoms with E-state index in [1.165, 1.54) is 0 Å². The molecule has 0 aromatic heterocycles. The summed E-state index contributed by atoms with van der Waals surface area (Å²) in [7, 11) is 0. The number of benzene rings is 1. The topological polar surface area (TPSA) is 18.5 Å². The van der Waals surface area contributed by atoms with Gasteiger partial charge in [0, 0.05) is 11.5 Å². The highest BCUT2D eigenvalue weighted by Crippen LogP contribution is 2.29. The predicted molar refractivity (Wildman–Crippen MR) is 68.7 cm³/mol. The second kappa shape index (κ2) is 6.90. The van der Waals surface area contributed by atoms with Gasteiger partial charge in [-0.05, 0) is 25.5 Å². The SMILES string of the molecule is C/C=C\CC1COC(c2cc(F)c(CF)c(F)c2)OC1. The highest BCUT2D eigenvalue weighted by molar-refractivity contribution is 5.26. The third-order valence-corrected chi connectivity index (χ3v) is 3.24. The molecular formula is C15H17F3O2.